The zero-order valence-corrected chi connectivity index (χ0v) is 21.5. The minimum absolute atomic E-state index is 0.697. The first kappa shape index (κ1) is 27.2. The van der Waals surface area contributed by atoms with Crippen LogP contribution in [0.5, 0.6) is 5.88 Å². The molecule has 33 heavy (non-hydrogen) atoms. The highest BCUT2D eigenvalue weighted by molar-refractivity contribution is 7.99. The summed E-state index contributed by atoms with van der Waals surface area (Å²) >= 11 is 1.61. The third-order valence-electron chi connectivity index (χ3n) is 5.46. The summed E-state index contributed by atoms with van der Waals surface area (Å²) in [7, 11) is 1.90. The van der Waals surface area contributed by atoms with Crippen LogP contribution in [-0.4, -0.2) is 32.1 Å². The average Bonchev–Trinajstić information content (AvgIpc) is 3.15. The van der Waals surface area contributed by atoms with Crippen LogP contribution in [-0.2, 0) is 7.05 Å². The molecule has 0 saturated carbocycles. The van der Waals surface area contributed by atoms with Crippen molar-refractivity contribution in [2.24, 2.45) is 7.05 Å². The van der Waals surface area contributed by atoms with Gasteiger partial charge in [-0.05, 0) is 38.5 Å². The number of hydrogen-bond donors (Lipinski definition) is 0. The molecule has 0 unspecified atom stereocenters. The molecule has 0 radical (unpaired) electrons. The molecule has 2 aromatic rings. The smallest absolute Gasteiger partial charge is 0.239 e. The summed E-state index contributed by atoms with van der Waals surface area (Å²) in [5.41, 5.74) is 1.60. The molecular formula is C27H42N4OS. The summed E-state index contributed by atoms with van der Waals surface area (Å²) in [5.74, 6) is 1.53. The number of allylic oxidation sites excluding steroid dienone is 4. The Balaban J connectivity index is 1.53. The number of rotatable bonds is 19. The minimum Gasteiger partial charge on any atom is -0.476 e. The molecule has 0 amide bonds. The predicted octanol–water partition coefficient (Wildman–Crippen LogP) is 7.83. The molecule has 0 aliphatic rings. The Labute approximate surface area is 204 Å². The van der Waals surface area contributed by atoms with Gasteiger partial charge in [0.1, 0.15) is 16.9 Å². The number of fused-ring (bicyclic) bond motifs is 1. The molecule has 2 aromatic heterocycles. The van der Waals surface area contributed by atoms with Crippen molar-refractivity contribution in [2.45, 2.75) is 89.0 Å². The van der Waals surface area contributed by atoms with Gasteiger partial charge in [-0.15, -0.1) is 6.58 Å². The summed E-state index contributed by atoms with van der Waals surface area (Å²) in [6.45, 7) is 6.72. The summed E-state index contributed by atoms with van der Waals surface area (Å²) < 4.78 is 7.81. The number of unbranched alkanes of at least 4 members (excludes halogenated alkanes) is 9. The van der Waals surface area contributed by atoms with Crippen LogP contribution >= 0.6 is 11.8 Å². The molecule has 2 rings (SSSR count). The minimum atomic E-state index is 0.697. The van der Waals surface area contributed by atoms with Gasteiger partial charge in [0.15, 0.2) is 5.52 Å². The van der Waals surface area contributed by atoms with E-state index in [1.54, 1.807) is 22.8 Å². The summed E-state index contributed by atoms with van der Waals surface area (Å²) in [5, 5.41) is 5.44. The molecule has 0 spiro atoms. The van der Waals surface area contributed by atoms with Crippen LogP contribution in [0.15, 0.2) is 48.3 Å². The van der Waals surface area contributed by atoms with E-state index in [0.29, 0.717) is 6.61 Å². The van der Waals surface area contributed by atoms with Gasteiger partial charge in [0, 0.05) is 12.8 Å². The zero-order valence-electron chi connectivity index (χ0n) is 20.7. The Hall–Kier alpha value is -2.08. The molecule has 0 atom stereocenters. The molecule has 6 heteroatoms. The van der Waals surface area contributed by atoms with E-state index in [2.05, 4.69) is 52.9 Å². The molecule has 0 aliphatic carbocycles. The normalized spacial score (nSPS) is 11.8. The van der Waals surface area contributed by atoms with Crippen LogP contribution in [0.4, 0.5) is 0 Å². The first-order chi connectivity index (χ1) is 16.3. The van der Waals surface area contributed by atoms with Gasteiger partial charge in [-0.1, -0.05) is 87.6 Å². The quantitative estimate of drug-likeness (QED) is 0.0906. The van der Waals surface area contributed by atoms with Gasteiger partial charge >= 0.3 is 0 Å². The van der Waals surface area contributed by atoms with E-state index >= 15 is 0 Å². The molecule has 5 nitrogen and oxygen atoms in total. The number of aromatic nitrogens is 4. The SMILES string of the molecule is C=CCSc1ncnc2c(OCCCCCCCCC=CCC=CCCCCC)n(C)nc12. The van der Waals surface area contributed by atoms with Crippen LogP contribution in [0, 0.1) is 0 Å². The van der Waals surface area contributed by atoms with Gasteiger partial charge in [-0.25, -0.2) is 14.6 Å². The van der Waals surface area contributed by atoms with Crippen LogP contribution in [0.2, 0.25) is 0 Å². The number of aryl methyl sites for hydroxylation is 1. The zero-order chi connectivity index (χ0) is 23.6. The van der Waals surface area contributed by atoms with Crippen molar-refractivity contribution in [1.82, 2.24) is 19.7 Å². The second-order valence-corrected chi connectivity index (χ2v) is 9.35. The van der Waals surface area contributed by atoms with Crippen molar-refractivity contribution in [3.05, 3.63) is 43.3 Å². The van der Waals surface area contributed by atoms with Crippen LogP contribution < -0.4 is 4.74 Å². The number of ether oxygens (including phenoxy) is 1. The summed E-state index contributed by atoms with van der Waals surface area (Å²) in [4.78, 5) is 8.74. The van der Waals surface area contributed by atoms with Crippen molar-refractivity contribution in [1.29, 1.82) is 0 Å². The van der Waals surface area contributed by atoms with E-state index < -0.39 is 0 Å². The molecular weight excluding hydrogens is 428 g/mol. The second kappa shape index (κ2) is 17.4. The fourth-order valence-corrected chi connectivity index (χ4v) is 4.29. The molecule has 182 valence electrons. The van der Waals surface area contributed by atoms with Gasteiger partial charge in [0.2, 0.25) is 5.88 Å². The largest absolute Gasteiger partial charge is 0.476 e. The molecule has 0 bridgehead atoms. The first-order valence-corrected chi connectivity index (χ1v) is 13.6. The van der Waals surface area contributed by atoms with E-state index in [9.17, 15) is 0 Å². The topological polar surface area (TPSA) is 52.8 Å². The van der Waals surface area contributed by atoms with Crippen LogP contribution in [0.25, 0.3) is 11.0 Å². The van der Waals surface area contributed by atoms with Gasteiger partial charge in [-0.2, -0.15) is 5.10 Å². The van der Waals surface area contributed by atoms with E-state index in [4.69, 9.17) is 4.74 Å². The second-order valence-electron chi connectivity index (χ2n) is 8.34. The van der Waals surface area contributed by atoms with Crippen molar-refractivity contribution in [2.75, 3.05) is 12.4 Å². The maximum absolute atomic E-state index is 6.03. The molecule has 0 aromatic carbocycles. The monoisotopic (exact) mass is 470 g/mol. The molecule has 0 fully saturated rings. The maximum atomic E-state index is 6.03. The predicted molar refractivity (Wildman–Crippen MR) is 142 cm³/mol. The first-order valence-electron chi connectivity index (χ1n) is 12.6. The van der Waals surface area contributed by atoms with E-state index in [0.717, 1.165) is 40.5 Å². The van der Waals surface area contributed by atoms with Gasteiger partial charge < -0.3 is 4.74 Å². The van der Waals surface area contributed by atoms with Gasteiger partial charge in [-0.3, -0.25) is 0 Å². The molecule has 0 aliphatic heterocycles. The van der Waals surface area contributed by atoms with Crippen molar-refractivity contribution in [3.8, 4) is 5.88 Å². The summed E-state index contributed by atoms with van der Waals surface area (Å²) in [6, 6.07) is 0. The lowest BCUT2D eigenvalue weighted by Crippen LogP contribution is -2.02. The number of hydrogen-bond acceptors (Lipinski definition) is 5. The Morgan fingerprint density at radius 2 is 1.61 bits per heavy atom. The Morgan fingerprint density at radius 1 is 0.909 bits per heavy atom. The van der Waals surface area contributed by atoms with E-state index in [1.165, 1.54) is 64.2 Å². The summed E-state index contributed by atoms with van der Waals surface area (Å²) in [6.07, 6.45) is 27.7. The van der Waals surface area contributed by atoms with E-state index in [1.807, 2.05) is 13.1 Å². The van der Waals surface area contributed by atoms with Crippen LogP contribution in [0.1, 0.15) is 84.0 Å². The van der Waals surface area contributed by atoms with Gasteiger partial charge in [0.05, 0.1) is 6.61 Å². The molecule has 0 saturated heterocycles. The third-order valence-corrected chi connectivity index (χ3v) is 6.43. The standard InChI is InChI=1S/C27H42N4OS/c1-4-6-7-8-9-10-11-12-13-14-15-16-17-18-19-20-21-32-27-25-24(30-31(27)3)26(29-23-28-25)33-22-5-2/h5,9-10,12-13,23H,2,4,6-8,11,14-22H2,1,3H3. The lowest BCUT2D eigenvalue weighted by atomic mass is 10.1. The van der Waals surface area contributed by atoms with Crippen molar-refractivity contribution >= 4 is 22.8 Å². The Bertz CT molecular complexity index is 859. The lowest BCUT2D eigenvalue weighted by Gasteiger charge is -2.06. The van der Waals surface area contributed by atoms with Gasteiger partial charge in [0.25, 0.3) is 0 Å². The maximum Gasteiger partial charge on any atom is 0.239 e. The fraction of sp³-hybridized carbons (Fsp3) is 0.593. The highest BCUT2D eigenvalue weighted by atomic mass is 32.2. The average molecular weight is 471 g/mol. The molecule has 0 N–H and O–H groups in total. The van der Waals surface area contributed by atoms with Crippen LogP contribution in [0.3, 0.4) is 0 Å². The Kier molecular flexibility index (Phi) is 14.3. The number of nitrogens with zero attached hydrogens (tertiary/aromatic N) is 4. The number of thioether (sulfide) groups is 1. The third kappa shape index (κ3) is 10.6. The fourth-order valence-electron chi connectivity index (χ4n) is 3.62. The lowest BCUT2D eigenvalue weighted by molar-refractivity contribution is 0.282. The van der Waals surface area contributed by atoms with Crippen molar-refractivity contribution in [3.63, 3.8) is 0 Å². The van der Waals surface area contributed by atoms with E-state index in [-0.39, 0.29) is 0 Å². The highest BCUT2D eigenvalue weighted by Gasteiger charge is 2.15. The molecule has 2 heterocycles. The highest BCUT2D eigenvalue weighted by Crippen LogP contribution is 2.29. The Morgan fingerprint density at radius 3 is 2.33 bits per heavy atom. The van der Waals surface area contributed by atoms with Crippen molar-refractivity contribution < 1.29 is 4.74 Å².